The molecule has 1 fully saturated rings. The molecule has 0 radical (unpaired) electrons. The Hall–Kier alpha value is -0.300. The van der Waals surface area contributed by atoms with E-state index in [9.17, 15) is 5.11 Å². The molecule has 1 N–H and O–H groups in total. The number of hydrogen-bond acceptors (Lipinski definition) is 1. The molecular weight excluding hydrogens is 136 g/mol. The Balaban J connectivity index is 2.64. The molecule has 1 aliphatic rings. The summed E-state index contributed by atoms with van der Waals surface area (Å²) in [6, 6.07) is 0. The highest BCUT2D eigenvalue weighted by Crippen LogP contribution is 2.45. The molecule has 0 amide bonds. The van der Waals surface area contributed by atoms with Crippen molar-refractivity contribution in [1.29, 1.82) is 0 Å². The molecule has 11 heavy (non-hydrogen) atoms. The number of allylic oxidation sites excluding steroid dienone is 1. The third kappa shape index (κ3) is 1.48. The molecule has 0 heterocycles. The number of rotatable bonds is 2. The minimum absolute atomic E-state index is 0.0834. The molecule has 0 bridgehead atoms. The highest BCUT2D eigenvalue weighted by molar-refractivity contribution is 4.95. The smallest absolute Gasteiger partial charge is 0.0571 e. The second kappa shape index (κ2) is 2.98. The fraction of sp³-hybridized carbons (Fsp3) is 0.800. The summed E-state index contributed by atoms with van der Waals surface area (Å²) in [7, 11) is 0. The molecule has 0 aromatic rings. The third-order valence-electron chi connectivity index (χ3n) is 3.30. The summed E-state index contributed by atoms with van der Waals surface area (Å²) in [5.41, 5.74) is 0.307. The second-order valence-electron chi connectivity index (χ2n) is 4.04. The van der Waals surface area contributed by atoms with Crippen LogP contribution in [0.4, 0.5) is 0 Å². The fourth-order valence-corrected chi connectivity index (χ4v) is 2.04. The first-order valence-corrected chi connectivity index (χ1v) is 4.39. The molecule has 0 spiro atoms. The van der Waals surface area contributed by atoms with E-state index < -0.39 is 0 Å². The predicted molar refractivity (Wildman–Crippen MR) is 47.3 cm³/mol. The van der Waals surface area contributed by atoms with Crippen molar-refractivity contribution in [3.05, 3.63) is 12.7 Å². The summed E-state index contributed by atoms with van der Waals surface area (Å²) in [6.07, 6.45) is 5.02. The van der Waals surface area contributed by atoms with Crippen molar-refractivity contribution in [2.45, 2.75) is 39.2 Å². The topological polar surface area (TPSA) is 20.2 Å². The maximum absolute atomic E-state index is 9.53. The van der Waals surface area contributed by atoms with Gasteiger partial charge in [-0.15, -0.1) is 6.58 Å². The van der Waals surface area contributed by atoms with Gasteiger partial charge in [0.1, 0.15) is 0 Å². The van der Waals surface area contributed by atoms with Gasteiger partial charge in [-0.3, -0.25) is 0 Å². The van der Waals surface area contributed by atoms with E-state index in [1.165, 1.54) is 0 Å². The van der Waals surface area contributed by atoms with Crippen LogP contribution in [-0.2, 0) is 0 Å². The Kier molecular flexibility index (Phi) is 2.38. The molecular formula is C10H18O. The first-order valence-electron chi connectivity index (χ1n) is 4.39. The van der Waals surface area contributed by atoms with Gasteiger partial charge in [0.05, 0.1) is 6.10 Å². The molecule has 1 rings (SSSR count). The van der Waals surface area contributed by atoms with Crippen LogP contribution in [0.2, 0.25) is 0 Å². The van der Waals surface area contributed by atoms with E-state index >= 15 is 0 Å². The normalized spacial score (nSPS) is 44.3. The molecule has 0 aliphatic heterocycles. The third-order valence-corrected chi connectivity index (χ3v) is 3.30. The minimum Gasteiger partial charge on any atom is -0.393 e. The summed E-state index contributed by atoms with van der Waals surface area (Å²) in [6.45, 7) is 8.13. The van der Waals surface area contributed by atoms with Crippen LogP contribution in [0.1, 0.15) is 33.1 Å². The lowest BCUT2D eigenvalue weighted by molar-refractivity contribution is 0.0989. The molecule has 3 unspecified atom stereocenters. The zero-order valence-corrected chi connectivity index (χ0v) is 7.51. The lowest BCUT2D eigenvalue weighted by atomic mass is 9.77. The van der Waals surface area contributed by atoms with Crippen molar-refractivity contribution in [3.8, 4) is 0 Å². The molecule has 1 heteroatoms. The zero-order chi connectivity index (χ0) is 8.48. The summed E-state index contributed by atoms with van der Waals surface area (Å²) in [4.78, 5) is 0. The maximum atomic E-state index is 9.53. The Labute approximate surface area is 69.1 Å². The van der Waals surface area contributed by atoms with Crippen LogP contribution < -0.4 is 0 Å². The zero-order valence-electron chi connectivity index (χ0n) is 7.51. The van der Waals surface area contributed by atoms with Crippen molar-refractivity contribution < 1.29 is 5.11 Å². The van der Waals surface area contributed by atoms with E-state index in [1.54, 1.807) is 0 Å². The molecule has 1 nitrogen and oxygen atoms in total. The van der Waals surface area contributed by atoms with Crippen molar-refractivity contribution in [2.75, 3.05) is 0 Å². The van der Waals surface area contributed by atoms with Crippen LogP contribution in [-0.4, -0.2) is 11.2 Å². The van der Waals surface area contributed by atoms with E-state index in [4.69, 9.17) is 0 Å². The minimum atomic E-state index is -0.0834. The molecule has 64 valence electrons. The van der Waals surface area contributed by atoms with Crippen molar-refractivity contribution in [2.24, 2.45) is 11.3 Å². The largest absolute Gasteiger partial charge is 0.393 e. The first-order chi connectivity index (χ1) is 5.10. The van der Waals surface area contributed by atoms with E-state index in [1.807, 2.05) is 6.08 Å². The lowest BCUT2D eigenvalue weighted by Gasteiger charge is -2.28. The van der Waals surface area contributed by atoms with Gasteiger partial charge in [-0.05, 0) is 30.6 Å². The van der Waals surface area contributed by atoms with Gasteiger partial charge < -0.3 is 5.11 Å². The quantitative estimate of drug-likeness (QED) is 0.605. The van der Waals surface area contributed by atoms with E-state index in [0.29, 0.717) is 11.3 Å². The van der Waals surface area contributed by atoms with Crippen LogP contribution in [0, 0.1) is 11.3 Å². The van der Waals surface area contributed by atoms with Crippen molar-refractivity contribution in [1.82, 2.24) is 0 Å². The van der Waals surface area contributed by atoms with Crippen LogP contribution in [0.25, 0.3) is 0 Å². The molecule has 1 saturated carbocycles. The van der Waals surface area contributed by atoms with Gasteiger partial charge in [0, 0.05) is 0 Å². The highest BCUT2D eigenvalue weighted by Gasteiger charge is 2.40. The Morgan fingerprint density at radius 3 is 2.73 bits per heavy atom. The van der Waals surface area contributed by atoms with E-state index in [-0.39, 0.29) is 6.10 Å². The fourth-order valence-electron chi connectivity index (χ4n) is 2.04. The average molecular weight is 154 g/mol. The van der Waals surface area contributed by atoms with Gasteiger partial charge >= 0.3 is 0 Å². The highest BCUT2D eigenvalue weighted by atomic mass is 16.3. The van der Waals surface area contributed by atoms with Crippen molar-refractivity contribution >= 4 is 0 Å². The summed E-state index contributed by atoms with van der Waals surface area (Å²) in [5, 5.41) is 9.53. The van der Waals surface area contributed by atoms with E-state index in [2.05, 4.69) is 20.4 Å². The Bertz CT molecular complexity index is 153. The summed E-state index contributed by atoms with van der Waals surface area (Å²) >= 11 is 0. The average Bonchev–Trinajstić information content (AvgIpc) is 2.19. The Morgan fingerprint density at radius 1 is 1.73 bits per heavy atom. The second-order valence-corrected chi connectivity index (χ2v) is 4.04. The monoisotopic (exact) mass is 154 g/mol. The predicted octanol–water partition coefficient (Wildman–Crippen LogP) is 2.36. The van der Waals surface area contributed by atoms with Gasteiger partial charge in [-0.25, -0.2) is 0 Å². The van der Waals surface area contributed by atoms with Crippen LogP contribution >= 0.6 is 0 Å². The van der Waals surface area contributed by atoms with Gasteiger partial charge in [0.25, 0.3) is 0 Å². The van der Waals surface area contributed by atoms with E-state index in [0.717, 1.165) is 19.3 Å². The maximum Gasteiger partial charge on any atom is 0.0571 e. The van der Waals surface area contributed by atoms with Gasteiger partial charge in [-0.1, -0.05) is 19.9 Å². The van der Waals surface area contributed by atoms with Crippen LogP contribution in [0.15, 0.2) is 12.7 Å². The first kappa shape index (κ1) is 8.79. The van der Waals surface area contributed by atoms with Crippen molar-refractivity contribution in [3.63, 3.8) is 0 Å². The van der Waals surface area contributed by atoms with Crippen LogP contribution in [0.3, 0.4) is 0 Å². The Morgan fingerprint density at radius 2 is 2.36 bits per heavy atom. The molecule has 0 aromatic heterocycles. The number of aliphatic hydroxyl groups excluding tert-OH is 1. The van der Waals surface area contributed by atoms with Gasteiger partial charge in [0.15, 0.2) is 0 Å². The molecule has 1 aliphatic carbocycles. The standard InChI is InChI=1S/C10H18O/c1-4-6-10(3)7-5-9(11)8(10)2/h4,8-9,11H,1,5-7H2,2-3H3. The number of aliphatic hydroxyl groups is 1. The SMILES string of the molecule is C=CCC1(C)CCC(O)C1C. The van der Waals surface area contributed by atoms with Gasteiger partial charge in [0.2, 0.25) is 0 Å². The molecule has 0 saturated heterocycles. The van der Waals surface area contributed by atoms with Gasteiger partial charge in [-0.2, -0.15) is 0 Å². The summed E-state index contributed by atoms with van der Waals surface area (Å²) in [5.74, 6) is 0.431. The molecule has 3 atom stereocenters. The summed E-state index contributed by atoms with van der Waals surface area (Å²) < 4.78 is 0. The number of hydrogen-bond donors (Lipinski definition) is 1. The lowest BCUT2D eigenvalue weighted by Crippen LogP contribution is -2.24. The molecule has 0 aromatic carbocycles. The van der Waals surface area contributed by atoms with Crippen LogP contribution in [0.5, 0.6) is 0 Å².